The van der Waals surface area contributed by atoms with Crippen molar-refractivity contribution in [2.45, 2.75) is 13.1 Å². The Bertz CT molecular complexity index is 598. The zero-order valence-corrected chi connectivity index (χ0v) is 10.2. The molecule has 0 radical (unpaired) electrons. The van der Waals surface area contributed by atoms with E-state index < -0.39 is 12.0 Å². The van der Waals surface area contributed by atoms with Crippen LogP contribution in [0.1, 0.15) is 15.9 Å². The van der Waals surface area contributed by atoms with Gasteiger partial charge in [0.15, 0.2) is 0 Å². The van der Waals surface area contributed by atoms with E-state index in [1.165, 1.54) is 18.2 Å². The van der Waals surface area contributed by atoms with Gasteiger partial charge in [0.05, 0.1) is 0 Å². The Kier molecular flexibility index (Phi) is 3.42. The van der Waals surface area contributed by atoms with Gasteiger partial charge in [-0.15, -0.1) is 0 Å². The highest BCUT2D eigenvalue weighted by Crippen LogP contribution is 2.25. The van der Waals surface area contributed by atoms with Crippen molar-refractivity contribution in [1.29, 1.82) is 0 Å². The molecule has 2 aromatic carbocycles. The van der Waals surface area contributed by atoms with E-state index in [9.17, 15) is 18.0 Å². The first-order valence-electron chi connectivity index (χ1n) is 5.66. The van der Waals surface area contributed by atoms with Gasteiger partial charge in [0.25, 0.3) is 5.78 Å². The highest BCUT2D eigenvalue weighted by molar-refractivity contribution is 6.01. The first-order valence-corrected chi connectivity index (χ1v) is 5.66. The zero-order chi connectivity index (χ0) is 14.0. The van der Waals surface area contributed by atoms with Crippen LogP contribution in [0.3, 0.4) is 0 Å². The molecule has 0 aromatic heterocycles. The lowest BCUT2D eigenvalue weighted by molar-refractivity contribution is -0.0885. The monoisotopic (exact) mass is 264 g/mol. The second-order valence-corrected chi connectivity index (χ2v) is 4.27. The van der Waals surface area contributed by atoms with E-state index in [2.05, 4.69) is 0 Å². The van der Waals surface area contributed by atoms with Crippen LogP contribution in [0.15, 0.2) is 48.5 Å². The van der Waals surface area contributed by atoms with Crippen LogP contribution in [0.5, 0.6) is 0 Å². The smallest absolute Gasteiger partial charge is 0.284 e. The summed E-state index contributed by atoms with van der Waals surface area (Å²) in [5.41, 5.74) is 2.09. The van der Waals surface area contributed by atoms with Crippen molar-refractivity contribution >= 4 is 5.78 Å². The van der Waals surface area contributed by atoms with Crippen molar-refractivity contribution in [3.05, 3.63) is 59.7 Å². The maximum atomic E-state index is 12.4. The van der Waals surface area contributed by atoms with Crippen LogP contribution in [0.25, 0.3) is 11.1 Å². The van der Waals surface area contributed by atoms with Gasteiger partial charge in [-0.3, -0.25) is 4.79 Å². The first kappa shape index (κ1) is 13.3. The highest BCUT2D eigenvalue weighted by Gasteiger charge is 2.39. The molecule has 0 saturated carbocycles. The zero-order valence-electron chi connectivity index (χ0n) is 10.2. The predicted octanol–water partition coefficient (Wildman–Crippen LogP) is 4.41. The lowest BCUT2D eigenvalue weighted by atomic mass is 10.0. The van der Waals surface area contributed by atoms with E-state index in [0.717, 1.165) is 11.1 Å². The summed E-state index contributed by atoms with van der Waals surface area (Å²) in [6.45, 7) is 1.92. The average molecular weight is 264 g/mol. The number of carbonyl (C=O) groups is 1. The quantitative estimate of drug-likeness (QED) is 0.734. The predicted molar refractivity (Wildman–Crippen MR) is 67.0 cm³/mol. The van der Waals surface area contributed by atoms with Gasteiger partial charge >= 0.3 is 6.18 Å². The largest absolute Gasteiger partial charge is 0.454 e. The van der Waals surface area contributed by atoms with E-state index in [0.29, 0.717) is 5.56 Å². The summed E-state index contributed by atoms with van der Waals surface area (Å²) in [4.78, 5) is 11.2. The van der Waals surface area contributed by atoms with E-state index in [1.54, 1.807) is 6.07 Å². The van der Waals surface area contributed by atoms with Crippen LogP contribution in [0.2, 0.25) is 0 Å². The Morgan fingerprint density at radius 1 is 0.947 bits per heavy atom. The van der Waals surface area contributed by atoms with E-state index in [4.69, 9.17) is 0 Å². The molecule has 1 nitrogen and oxygen atoms in total. The number of rotatable bonds is 2. The summed E-state index contributed by atoms with van der Waals surface area (Å²) < 4.78 is 37.1. The topological polar surface area (TPSA) is 17.1 Å². The molecule has 0 saturated heterocycles. The first-order chi connectivity index (χ1) is 8.88. The molecule has 0 aliphatic rings. The van der Waals surface area contributed by atoms with Crippen molar-refractivity contribution in [3.8, 4) is 11.1 Å². The molecule has 0 aliphatic heterocycles. The van der Waals surface area contributed by atoms with Crippen molar-refractivity contribution in [1.82, 2.24) is 0 Å². The minimum atomic E-state index is -4.84. The van der Waals surface area contributed by atoms with Gasteiger partial charge in [0.2, 0.25) is 0 Å². The number of ketones is 1. The lowest BCUT2D eigenvalue weighted by Gasteiger charge is -2.07. The standard InChI is InChI=1S/C15H11F3O/c1-10-5-7-11(8-6-10)12-3-2-4-13(9-12)14(19)15(16,17)18/h2-9H,1H3. The summed E-state index contributed by atoms with van der Waals surface area (Å²) in [6.07, 6.45) is -4.84. The number of carbonyl (C=O) groups excluding carboxylic acids is 1. The number of halogens is 3. The van der Waals surface area contributed by atoms with E-state index in [1.807, 2.05) is 31.2 Å². The molecular weight excluding hydrogens is 253 g/mol. The number of Topliss-reactive ketones (excluding diaryl/α,β-unsaturated/α-hetero) is 1. The molecule has 0 heterocycles. The molecule has 4 heteroatoms. The fourth-order valence-electron chi connectivity index (χ4n) is 1.75. The molecule has 0 fully saturated rings. The SMILES string of the molecule is Cc1ccc(-c2cccc(C(=O)C(F)(F)F)c2)cc1. The number of aryl methyl sites for hydroxylation is 1. The molecule has 98 valence electrons. The van der Waals surface area contributed by atoms with Gasteiger partial charge in [-0.25, -0.2) is 0 Å². The molecule has 2 aromatic rings. The van der Waals surface area contributed by atoms with Crippen LogP contribution in [-0.2, 0) is 0 Å². The van der Waals surface area contributed by atoms with Crippen LogP contribution in [0, 0.1) is 6.92 Å². The van der Waals surface area contributed by atoms with Gasteiger partial charge < -0.3 is 0 Å². The van der Waals surface area contributed by atoms with Gasteiger partial charge in [-0.2, -0.15) is 13.2 Å². The minimum absolute atomic E-state index is 0.342. The summed E-state index contributed by atoms with van der Waals surface area (Å²) >= 11 is 0. The van der Waals surface area contributed by atoms with Crippen molar-refractivity contribution in [3.63, 3.8) is 0 Å². The molecule has 0 aliphatic carbocycles. The number of hydrogen-bond donors (Lipinski definition) is 0. The second kappa shape index (κ2) is 4.88. The van der Waals surface area contributed by atoms with Crippen LogP contribution >= 0.6 is 0 Å². The Labute approximate surface area is 108 Å². The van der Waals surface area contributed by atoms with Crippen LogP contribution < -0.4 is 0 Å². The number of alkyl halides is 3. The Balaban J connectivity index is 2.40. The molecule has 19 heavy (non-hydrogen) atoms. The Morgan fingerprint density at radius 3 is 2.16 bits per heavy atom. The number of hydrogen-bond acceptors (Lipinski definition) is 1. The van der Waals surface area contributed by atoms with E-state index >= 15 is 0 Å². The molecular formula is C15H11F3O. The lowest BCUT2D eigenvalue weighted by Crippen LogP contribution is -2.22. The second-order valence-electron chi connectivity index (χ2n) is 4.27. The van der Waals surface area contributed by atoms with Crippen molar-refractivity contribution in [2.24, 2.45) is 0 Å². The van der Waals surface area contributed by atoms with Crippen LogP contribution in [-0.4, -0.2) is 12.0 Å². The van der Waals surface area contributed by atoms with Crippen molar-refractivity contribution in [2.75, 3.05) is 0 Å². The van der Waals surface area contributed by atoms with Crippen molar-refractivity contribution < 1.29 is 18.0 Å². The minimum Gasteiger partial charge on any atom is -0.284 e. The third-order valence-electron chi connectivity index (χ3n) is 2.77. The third-order valence-corrected chi connectivity index (χ3v) is 2.77. The van der Waals surface area contributed by atoms with Gasteiger partial charge in [0.1, 0.15) is 0 Å². The number of benzene rings is 2. The van der Waals surface area contributed by atoms with E-state index in [-0.39, 0.29) is 5.56 Å². The normalized spacial score (nSPS) is 11.4. The fraction of sp³-hybridized carbons (Fsp3) is 0.133. The summed E-state index contributed by atoms with van der Waals surface area (Å²) in [6, 6.07) is 12.9. The average Bonchev–Trinajstić information content (AvgIpc) is 2.38. The molecule has 2 rings (SSSR count). The van der Waals surface area contributed by atoms with Crippen LogP contribution in [0.4, 0.5) is 13.2 Å². The van der Waals surface area contributed by atoms with Gasteiger partial charge in [0, 0.05) is 5.56 Å². The third kappa shape index (κ3) is 3.02. The highest BCUT2D eigenvalue weighted by atomic mass is 19.4. The molecule has 0 spiro atoms. The molecule has 0 bridgehead atoms. The van der Waals surface area contributed by atoms with Gasteiger partial charge in [-0.05, 0) is 24.1 Å². The maximum Gasteiger partial charge on any atom is 0.454 e. The Hall–Kier alpha value is -2.10. The summed E-state index contributed by atoms with van der Waals surface area (Å²) in [5, 5.41) is 0. The fourth-order valence-corrected chi connectivity index (χ4v) is 1.75. The molecule has 0 amide bonds. The maximum absolute atomic E-state index is 12.4. The molecule has 0 N–H and O–H groups in total. The molecule has 0 atom stereocenters. The molecule has 0 unspecified atom stereocenters. The van der Waals surface area contributed by atoms with Gasteiger partial charge in [-0.1, -0.05) is 48.0 Å². The summed E-state index contributed by atoms with van der Waals surface area (Å²) in [7, 11) is 0. The summed E-state index contributed by atoms with van der Waals surface area (Å²) in [5.74, 6) is -1.82. The Morgan fingerprint density at radius 2 is 1.58 bits per heavy atom.